The lowest BCUT2D eigenvalue weighted by Gasteiger charge is -2.14. The second-order valence-corrected chi connectivity index (χ2v) is 9.13. The maximum Gasteiger partial charge on any atom is 0.237 e. The van der Waals surface area contributed by atoms with E-state index in [1.54, 1.807) is 11.8 Å². The van der Waals surface area contributed by atoms with Gasteiger partial charge in [-0.3, -0.25) is 4.79 Å². The van der Waals surface area contributed by atoms with Crippen molar-refractivity contribution in [3.05, 3.63) is 84.9 Å². The van der Waals surface area contributed by atoms with Gasteiger partial charge in [-0.15, -0.1) is 22.0 Å². The Labute approximate surface area is 196 Å². The Morgan fingerprint density at radius 2 is 1.41 bits per heavy atom. The Morgan fingerprint density at radius 3 is 2.06 bits per heavy atom. The molecule has 1 heterocycles. The number of carbonyl (C=O) groups excluding carboxylic acids is 1. The van der Waals surface area contributed by atoms with Crippen LogP contribution in [0.15, 0.2) is 95.0 Å². The molecule has 160 valence electrons. The quantitative estimate of drug-likeness (QED) is 0.340. The Bertz CT molecular complexity index is 1200. The van der Waals surface area contributed by atoms with E-state index in [9.17, 15) is 4.79 Å². The number of rotatable bonds is 7. The zero-order valence-corrected chi connectivity index (χ0v) is 19.4. The van der Waals surface area contributed by atoms with E-state index in [0.29, 0.717) is 10.9 Å². The first-order valence-electron chi connectivity index (χ1n) is 10.1. The number of benzene rings is 3. The molecule has 7 heteroatoms. The molecule has 4 rings (SSSR count). The topological polar surface area (TPSA) is 67.8 Å². The van der Waals surface area contributed by atoms with Crippen molar-refractivity contribution in [3.8, 4) is 22.5 Å². The van der Waals surface area contributed by atoms with Crippen molar-refractivity contribution in [2.75, 3.05) is 11.6 Å². The highest BCUT2D eigenvalue weighted by molar-refractivity contribution is 8.00. The van der Waals surface area contributed by atoms with Gasteiger partial charge in [-0.1, -0.05) is 84.6 Å². The maximum atomic E-state index is 12.8. The highest BCUT2D eigenvalue weighted by Gasteiger charge is 2.20. The van der Waals surface area contributed by atoms with Crippen LogP contribution >= 0.6 is 23.5 Å². The summed E-state index contributed by atoms with van der Waals surface area (Å²) in [6, 6.07) is 27.5. The van der Waals surface area contributed by atoms with Gasteiger partial charge in [-0.05, 0) is 25.3 Å². The number of nitrogens with zero attached hydrogens (tertiary/aromatic N) is 3. The second-order valence-electron chi connectivity index (χ2n) is 6.97. The molecule has 1 unspecified atom stereocenters. The van der Waals surface area contributed by atoms with Crippen LogP contribution in [-0.2, 0) is 4.79 Å². The average Bonchev–Trinajstić information content (AvgIpc) is 2.85. The molecule has 1 aromatic heterocycles. The molecule has 3 aromatic carbocycles. The third-order valence-electron chi connectivity index (χ3n) is 4.78. The van der Waals surface area contributed by atoms with E-state index < -0.39 is 5.25 Å². The lowest BCUT2D eigenvalue weighted by molar-refractivity contribution is -0.115. The van der Waals surface area contributed by atoms with Gasteiger partial charge in [-0.25, -0.2) is 4.98 Å². The third-order valence-corrected chi connectivity index (χ3v) is 6.53. The van der Waals surface area contributed by atoms with Crippen LogP contribution in [0, 0.1) is 0 Å². The molecule has 0 radical (unpaired) electrons. The van der Waals surface area contributed by atoms with E-state index in [-0.39, 0.29) is 5.91 Å². The summed E-state index contributed by atoms with van der Waals surface area (Å²) in [5.74, 6) is -0.103. The number of hydrogen-bond donors (Lipinski definition) is 1. The van der Waals surface area contributed by atoms with Crippen LogP contribution in [-0.4, -0.2) is 32.6 Å². The molecule has 0 fully saturated rings. The van der Waals surface area contributed by atoms with Crippen molar-refractivity contribution < 1.29 is 4.79 Å². The molecule has 0 spiro atoms. The van der Waals surface area contributed by atoms with Gasteiger partial charge in [-0.2, -0.15) is 0 Å². The van der Waals surface area contributed by atoms with Crippen LogP contribution < -0.4 is 5.32 Å². The van der Waals surface area contributed by atoms with Gasteiger partial charge in [0.05, 0.1) is 10.9 Å². The van der Waals surface area contributed by atoms with Gasteiger partial charge in [0.15, 0.2) is 0 Å². The number of thioether (sulfide) groups is 2. The summed E-state index contributed by atoms with van der Waals surface area (Å²) in [5.41, 5.74) is 4.17. The first kappa shape index (κ1) is 22.0. The van der Waals surface area contributed by atoms with Crippen LogP contribution in [0.4, 0.5) is 5.69 Å². The lowest BCUT2D eigenvalue weighted by atomic mass is 10.0. The van der Waals surface area contributed by atoms with Crippen molar-refractivity contribution in [1.82, 2.24) is 15.2 Å². The van der Waals surface area contributed by atoms with Crippen molar-refractivity contribution in [2.45, 2.75) is 22.2 Å². The van der Waals surface area contributed by atoms with Gasteiger partial charge in [0.25, 0.3) is 0 Å². The van der Waals surface area contributed by atoms with E-state index in [1.165, 1.54) is 11.8 Å². The maximum absolute atomic E-state index is 12.8. The highest BCUT2D eigenvalue weighted by atomic mass is 32.2. The van der Waals surface area contributed by atoms with Crippen molar-refractivity contribution >= 4 is 35.1 Å². The van der Waals surface area contributed by atoms with E-state index in [4.69, 9.17) is 4.98 Å². The normalized spacial score (nSPS) is 11.7. The Hall–Kier alpha value is -3.16. The zero-order valence-electron chi connectivity index (χ0n) is 17.7. The van der Waals surface area contributed by atoms with Gasteiger partial charge < -0.3 is 5.32 Å². The van der Waals surface area contributed by atoms with Crippen LogP contribution in [0.1, 0.15) is 6.92 Å². The monoisotopic (exact) mass is 458 g/mol. The molecule has 1 atom stereocenters. The molecule has 0 bridgehead atoms. The number of anilines is 1. The van der Waals surface area contributed by atoms with Gasteiger partial charge in [0.1, 0.15) is 11.4 Å². The Balaban J connectivity index is 1.59. The number of hydrogen-bond acceptors (Lipinski definition) is 6. The number of amides is 1. The zero-order chi connectivity index (χ0) is 22.3. The fraction of sp³-hybridized carbons (Fsp3) is 0.120. The molecular formula is C25H22N4OS2. The summed E-state index contributed by atoms with van der Waals surface area (Å²) in [5, 5.41) is 11.9. The minimum absolute atomic E-state index is 0.103. The summed E-state index contributed by atoms with van der Waals surface area (Å²) in [7, 11) is 0. The number of aromatic nitrogens is 3. The van der Waals surface area contributed by atoms with E-state index >= 15 is 0 Å². The van der Waals surface area contributed by atoms with Gasteiger partial charge in [0.2, 0.25) is 11.1 Å². The van der Waals surface area contributed by atoms with Crippen molar-refractivity contribution in [3.63, 3.8) is 0 Å². The molecule has 0 aliphatic rings. The molecule has 1 N–H and O–H groups in total. The molecule has 4 aromatic rings. The third kappa shape index (κ3) is 5.18. The van der Waals surface area contributed by atoms with Crippen LogP contribution in [0.5, 0.6) is 0 Å². The standard InChI is InChI=1S/C25H22N4OS2/c1-17(24(30)26-20-15-9-10-16-21(20)31-2)32-25-27-22(18-11-5-3-6-12-18)23(28-29-25)19-13-7-4-8-14-19/h3-17H,1-2H3,(H,26,30). The molecule has 0 saturated carbocycles. The average molecular weight is 459 g/mol. The first-order chi connectivity index (χ1) is 15.7. The van der Waals surface area contributed by atoms with Crippen LogP contribution in [0.25, 0.3) is 22.5 Å². The lowest BCUT2D eigenvalue weighted by Crippen LogP contribution is -2.23. The smallest absolute Gasteiger partial charge is 0.237 e. The Kier molecular flexibility index (Phi) is 7.19. The van der Waals surface area contributed by atoms with E-state index in [2.05, 4.69) is 15.5 Å². The van der Waals surface area contributed by atoms with Crippen LogP contribution in [0.2, 0.25) is 0 Å². The fourth-order valence-corrected chi connectivity index (χ4v) is 4.41. The van der Waals surface area contributed by atoms with Gasteiger partial charge >= 0.3 is 0 Å². The molecule has 1 amide bonds. The van der Waals surface area contributed by atoms with Crippen molar-refractivity contribution in [2.24, 2.45) is 0 Å². The number of nitrogens with one attached hydrogen (secondary N) is 1. The minimum Gasteiger partial charge on any atom is -0.324 e. The highest BCUT2D eigenvalue weighted by Crippen LogP contribution is 2.31. The predicted octanol–water partition coefficient (Wildman–Crippen LogP) is 6.05. The molecule has 0 saturated heterocycles. The van der Waals surface area contributed by atoms with Crippen molar-refractivity contribution in [1.29, 1.82) is 0 Å². The number of para-hydroxylation sites is 1. The second kappa shape index (κ2) is 10.4. The first-order valence-corrected chi connectivity index (χ1v) is 12.2. The summed E-state index contributed by atoms with van der Waals surface area (Å²) >= 11 is 2.89. The summed E-state index contributed by atoms with van der Waals surface area (Å²) in [4.78, 5) is 18.6. The largest absolute Gasteiger partial charge is 0.324 e. The fourth-order valence-electron chi connectivity index (χ4n) is 3.14. The Morgan fingerprint density at radius 1 is 0.812 bits per heavy atom. The molecule has 32 heavy (non-hydrogen) atoms. The summed E-state index contributed by atoms with van der Waals surface area (Å²) < 4.78 is 0. The molecule has 0 aliphatic heterocycles. The van der Waals surface area contributed by atoms with E-state index in [0.717, 1.165) is 27.4 Å². The summed E-state index contributed by atoms with van der Waals surface area (Å²) in [6.45, 7) is 1.85. The summed E-state index contributed by atoms with van der Waals surface area (Å²) in [6.07, 6.45) is 1.99. The van der Waals surface area contributed by atoms with E-state index in [1.807, 2.05) is 98.1 Å². The predicted molar refractivity (Wildman–Crippen MR) is 133 cm³/mol. The molecule has 0 aliphatic carbocycles. The molecule has 5 nitrogen and oxygen atoms in total. The molecular weight excluding hydrogens is 436 g/mol. The minimum atomic E-state index is -0.391. The number of carbonyl (C=O) groups is 1. The van der Waals surface area contributed by atoms with Gasteiger partial charge in [0, 0.05) is 16.0 Å². The van der Waals surface area contributed by atoms with Crippen LogP contribution in [0.3, 0.4) is 0 Å². The SMILES string of the molecule is CSc1ccccc1NC(=O)C(C)Sc1nnc(-c2ccccc2)c(-c2ccccc2)n1.